The minimum Gasteiger partial charge on any atom is -0.454 e. The summed E-state index contributed by atoms with van der Waals surface area (Å²) in [6.07, 6.45) is 0. The van der Waals surface area contributed by atoms with E-state index in [0.717, 1.165) is 50.1 Å². The van der Waals surface area contributed by atoms with Crippen molar-refractivity contribution in [2.24, 2.45) is 0 Å². The van der Waals surface area contributed by atoms with Crippen LogP contribution in [0.5, 0.6) is 0 Å². The molecule has 2 heteroatoms. The Hall–Kier alpha value is -7.16. The number of fused-ring (bicyclic) bond motifs is 8. The van der Waals surface area contributed by atoms with E-state index < -0.39 is 0 Å². The fraction of sp³-hybridized carbons (Fsp3) is 0.0545. The first kappa shape index (κ1) is 33.2. The summed E-state index contributed by atoms with van der Waals surface area (Å²) in [4.78, 5) is 2.42. The van der Waals surface area contributed by atoms with Crippen LogP contribution in [0, 0.1) is 0 Å². The van der Waals surface area contributed by atoms with Crippen LogP contribution in [0.1, 0.15) is 25.0 Å². The summed E-state index contributed by atoms with van der Waals surface area (Å²) >= 11 is 0. The SMILES string of the molecule is CC1(C)c2ccccc2-c2ccc(N(c3ccccc3-c3ccc(-c4ccccc4)cc3)c3cccc4c3oc3cc(-c5ccccc5)c5ccccc5c34)cc21. The highest BCUT2D eigenvalue weighted by Crippen LogP contribution is 2.52. The highest BCUT2D eigenvalue weighted by Gasteiger charge is 2.36. The molecule has 0 radical (unpaired) electrons. The van der Waals surface area contributed by atoms with Crippen LogP contribution in [0.25, 0.3) is 77.2 Å². The predicted octanol–water partition coefficient (Wildman–Crippen LogP) is 15.5. The second-order valence-corrected chi connectivity index (χ2v) is 15.7. The third-order valence-corrected chi connectivity index (χ3v) is 12.1. The van der Waals surface area contributed by atoms with Crippen molar-refractivity contribution >= 4 is 49.8 Å². The Morgan fingerprint density at radius 2 is 0.947 bits per heavy atom. The van der Waals surface area contributed by atoms with Gasteiger partial charge in [0.25, 0.3) is 0 Å². The Bertz CT molecular complexity index is 3140. The van der Waals surface area contributed by atoms with E-state index in [1.807, 2.05) is 0 Å². The molecular weight excluding hydrogens is 691 g/mol. The number of nitrogens with zero attached hydrogens (tertiary/aromatic N) is 1. The van der Waals surface area contributed by atoms with E-state index in [0.29, 0.717) is 0 Å². The van der Waals surface area contributed by atoms with Gasteiger partial charge >= 0.3 is 0 Å². The molecule has 0 amide bonds. The van der Waals surface area contributed by atoms with Crippen molar-refractivity contribution in [3.63, 3.8) is 0 Å². The number of rotatable bonds is 6. The molecule has 0 unspecified atom stereocenters. The molecule has 0 bridgehead atoms. The zero-order chi connectivity index (χ0) is 38.1. The van der Waals surface area contributed by atoms with Gasteiger partial charge in [0.1, 0.15) is 5.58 Å². The molecular formula is C55H39NO. The summed E-state index contributed by atoms with van der Waals surface area (Å²) in [5, 5.41) is 4.64. The largest absolute Gasteiger partial charge is 0.454 e. The van der Waals surface area contributed by atoms with Gasteiger partial charge in [0.05, 0.1) is 11.4 Å². The van der Waals surface area contributed by atoms with Gasteiger partial charge in [0, 0.05) is 27.4 Å². The highest BCUT2D eigenvalue weighted by atomic mass is 16.3. The maximum Gasteiger partial charge on any atom is 0.159 e. The smallest absolute Gasteiger partial charge is 0.159 e. The first-order chi connectivity index (χ1) is 28.0. The van der Waals surface area contributed by atoms with E-state index >= 15 is 0 Å². The maximum atomic E-state index is 7.13. The van der Waals surface area contributed by atoms with E-state index in [1.165, 1.54) is 55.3 Å². The second-order valence-electron chi connectivity index (χ2n) is 15.7. The molecule has 11 rings (SSSR count). The van der Waals surface area contributed by atoms with Gasteiger partial charge in [-0.2, -0.15) is 0 Å². The number of para-hydroxylation sites is 2. The normalized spacial score (nSPS) is 12.9. The van der Waals surface area contributed by atoms with Gasteiger partial charge in [-0.05, 0) is 91.2 Å². The van der Waals surface area contributed by atoms with Crippen molar-refractivity contribution in [3.8, 4) is 44.5 Å². The maximum absolute atomic E-state index is 7.13. The molecule has 9 aromatic carbocycles. The van der Waals surface area contributed by atoms with Gasteiger partial charge in [0.15, 0.2) is 5.58 Å². The number of furan rings is 1. The second kappa shape index (κ2) is 13.0. The Kier molecular flexibility index (Phi) is 7.55. The molecule has 0 fully saturated rings. The van der Waals surface area contributed by atoms with Crippen LogP contribution >= 0.6 is 0 Å². The molecule has 0 aliphatic heterocycles. The van der Waals surface area contributed by atoms with Crippen LogP contribution in [-0.2, 0) is 5.41 Å². The fourth-order valence-electron chi connectivity index (χ4n) is 9.30. The van der Waals surface area contributed by atoms with Gasteiger partial charge in [-0.15, -0.1) is 0 Å². The van der Waals surface area contributed by atoms with Crippen molar-refractivity contribution < 1.29 is 4.42 Å². The third-order valence-electron chi connectivity index (χ3n) is 12.1. The lowest BCUT2D eigenvalue weighted by Crippen LogP contribution is -2.17. The summed E-state index contributed by atoms with van der Waals surface area (Å²) in [5.41, 5.74) is 17.1. The van der Waals surface area contributed by atoms with Gasteiger partial charge in [0.2, 0.25) is 0 Å². The van der Waals surface area contributed by atoms with E-state index in [-0.39, 0.29) is 5.41 Å². The van der Waals surface area contributed by atoms with E-state index in [2.05, 4.69) is 219 Å². The third kappa shape index (κ3) is 5.25. The molecule has 0 spiro atoms. The molecule has 0 N–H and O–H groups in total. The van der Waals surface area contributed by atoms with Gasteiger partial charge in [-0.3, -0.25) is 0 Å². The molecule has 10 aromatic rings. The Morgan fingerprint density at radius 1 is 0.386 bits per heavy atom. The first-order valence-electron chi connectivity index (χ1n) is 19.8. The molecule has 1 aliphatic carbocycles. The first-order valence-corrected chi connectivity index (χ1v) is 19.8. The molecule has 1 heterocycles. The highest BCUT2D eigenvalue weighted by molar-refractivity contribution is 6.23. The van der Waals surface area contributed by atoms with Crippen molar-refractivity contribution in [2.75, 3.05) is 4.90 Å². The number of hydrogen-bond acceptors (Lipinski definition) is 2. The molecule has 1 aromatic heterocycles. The fourth-order valence-corrected chi connectivity index (χ4v) is 9.30. The zero-order valence-electron chi connectivity index (χ0n) is 31.9. The van der Waals surface area contributed by atoms with Gasteiger partial charge in [-0.1, -0.05) is 184 Å². The van der Waals surface area contributed by atoms with Crippen molar-refractivity contribution in [1.29, 1.82) is 0 Å². The summed E-state index contributed by atoms with van der Waals surface area (Å²) in [7, 11) is 0. The lowest BCUT2D eigenvalue weighted by atomic mass is 9.82. The number of anilines is 3. The standard InChI is InChI=1S/C55H39NO/c1-55(2)48-25-13-11-22-43(48)44-33-32-40(34-49(44)55)56(50-26-14-12-20-41(50)39-30-28-37(29-31-39)36-16-5-3-6-17-36)51-27-15-24-46-53-45-23-10-9-21-42(45)47(35-52(53)57-54(46)51)38-18-7-4-8-19-38/h3-35H,1-2H3. The van der Waals surface area contributed by atoms with E-state index in [9.17, 15) is 0 Å². The van der Waals surface area contributed by atoms with Crippen LogP contribution in [0.15, 0.2) is 205 Å². The van der Waals surface area contributed by atoms with E-state index in [1.54, 1.807) is 0 Å². The Balaban J connectivity index is 1.16. The summed E-state index contributed by atoms with van der Waals surface area (Å²) in [5.74, 6) is 0. The van der Waals surface area contributed by atoms with Crippen molar-refractivity contribution in [2.45, 2.75) is 19.3 Å². The monoisotopic (exact) mass is 729 g/mol. The molecule has 57 heavy (non-hydrogen) atoms. The summed E-state index contributed by atoms with van der Waals surface area (Å²) in [6.45, 7) is 4.70. The molecule has 0 saturated carbocycles. The lowest BCUT2D eigenvalue weighted by Gasteiger charge is -2.29. The minimum absolute atomic E-state index is 0.154. The predicted molar refractivity (Wildman–Crippen MR) is 240 cm³/mol. The van der Waals surface area contributed by atoms with Gasteiger partial charge < -0.3 is 9.32 Å². The Labute approximate surface area is 332 Å². The van der Waals surface area contributed by atoms with Crippen LogP contribution in [0.3, 0.4) is 0 Å². The summed E-state index contributed by atoms with van der Waals surface area (Å²) in [6, 6.07) is 72.4. The van der Waals surface area contributed by atoms with Crippen LogP contribution in [-0.4, -0.2) is 0 Å². The summed E-state index contributed by atoms with van der Waals surface area (Å²) < 4.78 is 7.13. The quantitative estimate of drug-likeness (QED) is 0.169. The van der Waals surface area contributed by atoms with Crippen molar-refractivity contribution in [1.82, 2.24) is 0 Å². The van der Waals surface area contributed by atoms with Crippen molar-refractivity contribution in [3.05, 3.63) is 211 Å². The van der Waals surface area contributed by atoms with Crippen LogP contribution in [0.2, 0.25) is 0 Å². The number of benzene rings is 9. The molecule has 1 aliphatic rings. The zero-order valence-corrected chi connectivity index (χ0v) is 31.9. The lowest BCUT2D eigenvalue weighted by molar-refractivity contribution is 0.660. The Morgan fingerprint density at radius 3 is 1.74 bits per heavy atom. The molecule has 270 valence electrons. The molecule has 0 atom stereocenters. The molecule has 2 nitrogen and oxygen atoms in total. The minimum atomic E-state index is -0.154. The average molecular weight is 730 g/mol. The molecule has 0 saturated heterocycles. The average Bonchev–Trinajstić information content (AvgIpc) is 3.77. The van der Waals surface area contributed by atoms with Gasteiger partial charge in [-0.25, -0.2) is 0 Å². The number of hydrogen-bond donors (Lipinski definition) is 0. The van der Waals surface area contributed by atoms with Crippen LogP contribution in [0.4, 0.5) is 17.1 Å². The topological polar surface area (TPSA) is 16.4 Å². The van der Waals surface area contributed by atoms with E-state index in [4.69, 9.17) is 4.42 Å². The van der Waals surface area contributed by atoms with Crippen LogP contribution < -0.4 is 4.90 Å².